The minimum atomic E-state index is -0.232. The fraction of sp³-hybridized carbons (Fsp3) is 0.348. The lowest BCUT2D eigenvalue weighted by molar-refractivity contribution is 0.102. The highest BCUT2D eigenvalue weighted by Crippen LogP contribution is 2.33. The second-order valence-electron chi connectivity index (χ2n) is 7.76. The van der Waals surface area contributed by atoms with Crippen molar-refractivity contribution >= 4 is 23.2 Å². The molecule has 0 saturated heterocycles. The second-order valence-corrected chi connectivity index (χ2v) is 8.17. The molecule has 2 aliphatic rings. The summed E-state index contributed by atoms with van der Waals surface area (Å²) in [5, 5.41) is 12.3. The largest absolute Gasteiger partial charge is 0.490 e. The van der Waals surface area contributed by atoms with E-state index in [0.717, 1.165) is 49.4 Å². The van der Waals surface area contributed by atoms with Gasteiger partial charge in [-0.2, -0.15) is 0 Å². The number of benzene rings is 2. The number of hydrogen-bond acceptors (Lipinski definition) is 5. The van der Waals surface area contributed by atoms with Gasteiger partial charge in [0.15, 0.2) is 17.3 Å². The SMILES string of the molecule is O=C(Nc1ccc(Cl)c(-c2nnc3n2CCCCC3)c1)c1ccc2c(c1)OCCCO2. The summed E-state index contributed by atoms with van der Waals surface area (Å²) in [4.78, 5) is 12.9. The van der Waals surface area contributed by atoms with Crippen LogP contribution in [0, 0.1) is 0 Å². The van der Waals surface area contributed by atoms with Crippen molar-refractivity contribution in [1.82, 2.24) is 14.8 Å². The highest BCUT2D eigenvalue weighted by atomic mass is 35.5. The number of fused-ring (bicyclic) bond motifs is 2. The zero-order valence-corrected chi connectivity index (χ0v) is 17.8. The number of halogens is 1. The van der Waals surface area contributed by atoms with E-state index in [4.69, 9.17) is 21.1 Å². The van der Waals surface area contributed by atoms with Gasteiger partial charge in [-0.05, 0) is 49.2 Å². The highest BCUT2D eigenvalue weighted by Gasteiger charge is 2.19. The number of rotatable bonds is 3. The molecule has 0 spiro atoms. The fourth-order valence-electron chi connectivity index (χ4n) is 3.97. The number of aromatic nitrogens is 3. The van der Waals surface area contributed by atoms with Gasteiger partial charge in [0.05, 0.1) is 18.2 Å². The minimum absolute atomic E-state index is 0.232. The van der Waals surface area contributed by atoms with Crippen LogP contribution in [0.3, 0.4) is 0 Å². The van der Waals surface area contributed by atoms with Crippen LogP contribution in [-0.4, -0.2) is 33.9 Å². The van der Waals surface area contributed by atoms with E-state index in [1.807, 2.05) is 6.07 Å². The lowest BCUT2D eigenvalue weighted by Gasteiger charge is -2.12. The Morgan fingerprint density at radius 3 is 2.74 bits per heavy atom. The Balaban J connectivity index is 1.41. The summed E-state index contributed by atoms with van der Waals surface area (Å²) in [6, 6.07) is 10.6. The molecule has 0 saturated carbocycles. The number of nitrogens with zero attached hydrogens (tertiary/aromatic N) is 3. The summed E-state index contributed by atoms with van der Waals surface area (Å²) in [5.74, 6) is 2.76. The molecule has 3 aromatic rings. The summed E-state index contributed by atoms with van der Waals surface area (Å²) in [6.45, 7) is 2.06. The Morgan fingerprint density at radius 1 is 0.968 bits per heavy atom. The molecule has 0 radical (unpaired) electrons. The number of ether oxygens (including phenoxy) is 2. The van der Waals surface area contributed by atoms with Gasteiger partial charge >= 0.3 is 0 Å². The number of carbonyl (C=O) groups excluding carboxylic acids is 1. The third-order valence-electron chi connectivity index (χ3n) is 5.58. The van der Waals surface area contributed by atoms with Crippen molar-refractivity contribution < 1.29 is 14.3 Å². The molecule has 0 bridgehead atoms. The molecule has 0 aliphatic carbocycles. The summed E-state index contributed by atoms with van der Waals surface area (Å²) in [6.07, 6.45) is 5.14. The molecule has 8 heteroatoms. The van der Waals surface area contributed by atoms with Crippen LogP contribution in [-0.2, 0) is 13.0 Å². The predicted octanol–water partition coefficient (Wildman–Crippen LogP) is 4.74. The topological polar surface area (TPSA) is 78.3 Å². The average Bonchev–Trinajstić information content (AvgIpc) is 2.95. The Kier molecular flexibility index (Phi) is 5.51. The molecule has 0 fully saturated rings. The molecule has 2 aliphatic heterocycles. The first-order valence-corrected chi connectivity index (χ1v) is 11.0. The molecule has 0 unspecified atom stereocenters. The molecule has 1 amide bonds. The van der Waals surface area contributed by atoms with Gasteiger partial charge in [0.1, 0.15) is 5.82 Å². The van der Waals surface area contributed by atoms with Crippen molar-refractivity contribution in [3.63, 3.8) is 0 Å². The van der Waals surface area contributed by atoms with Crippen LogP contribution >= 0.6 is 11.6 Å². The first-order valence-electron chi connectivity index (χ1n) is 10.6. The second kappa shape index (κ2) is 8.59. The molecule has 7 nitrogen and oxygen atoms in total. The van der Waals surface area contributed by atoms with E-state index in [-0.39, 0.29) is 5.91 Å². The number of carbonyl (C=O) groups is 1. The standard InChI is InChI=1S/C23H23ClN4O3/c24-18-8-7-16(14-17(18)22-27-26-21-5-2-1-3-10-28(21)22)25-23(29)15-6-9-19-20(13-15)31-12-4-11-30-19/h6-9,13-14H,1-5,10-12H2,(H,25,29). The van der Waals surface area contributed by atoms with Crippen molar-refractivity contribution in [2.75, 3.05) is 18.5 Å². The summed E-state index contributed by atoms with van der Waals surface area (Å²) in [5.41, 5.74) is 1.90. The van der Waals surface area contributed by atoms with Gasteiger partial charge in [-0.3, -0.25) is 4.79 Å². The van der Waals surface area contributed by atoms with Crippen LogP contribution in [0.2, 0.25) is 5.02 Å². The molecular weight excluding hydrogens is 416 g/mol. The van der Waals surface area contributed by atoms with Gasteiger partial charge in [0, 0.05) is 36.2 Å². The van der Waals surface area contributed by atoms with E-state index in [2.05, 4.69) is 20.1 Å². The molecular formula is C23H23ClN4O3. The summed E-state index contributed by atoms with van der Waals surface area (Å²) >= 11 is 6.50. The van der Waals surface area contributed by atoms with Crippen LogP contribution in [0.5, 0.6) is 11.5 Å². The normalized spacial score (nSPS) is 15.5. The van der Waals surface area contributed by atoms with Gasteiger partial charge in [0.2, 0.25) is 0 Å². The Hall–Kier alpha value is -3.06. The first-order chi connectivity index (χ1) is 15.2. The summed E-state index contributed by atoms with van der Waals surface area (Å²) in [7, 11) is 0. The maximum atomic E-state index is 12.9. The minimum Gasteiger partial charge on any atom is -0.490 e. The number of aryl methyl sites for hydroxylation is 1. The van der Waals surface area contributed by atoms with E-state index in [9.17, 15) is 4.79 Å². The van der Waals surface area contributed by atoms with Crippen molar-refractivity contribution in [2.45, 2.75) is 38.6 Å². The Bertz CT molecular complexity index is 1130. The Morgan fingerprint density at radius 2 is 1.84 bits per heavy atom. The number of hydrogen-bond donors (Lipinski definition) is 1. The molecule has 1 aromatic heterocycles. The molecule has 3 heterocycles. The monoisotopic (exact) mass is 438 g/mol. The third kappa shape index (κ3) is 4.10. The number of anilines is 1. The van der Waals surface area contributed by atoms with Crippen molar-refractivity contribution in [3.05, 3.63) is 52.8 Å². The third-order valence-corrected chi connectivity index (χ3v) is 5.91. The van der Waals surface area contributed by atoms with Gasteiger partial charge in [-0.25, -0.2) is 0 Å². The van der Waals surface area contributed by atoms with Crippen LogP contribution in [0.25, 0.3) is 11.4 Å². The lowest BCUT2D eigenvalue weighted by Crippen LogP contribution is -2.12. The number of amides is 1. The predicted molar refractivity (Wildman–Crippen MR) is 118 cm³/mol. The van der Waals surface area contributed by atoms with E-state index in [1.165, 1.54) is 6.42 Å². The zero-order chi connectivity index (χ0) is 21.2. The molecule has 5 rings (SSSR count). The maximum absolute atomic E-state index is 12.9. The fourth-order valence-corrected chi connectivity index (χ4v) is 4.17. The van der Waals surface area contributed by atoms with Crippen LogP contribution in [0.4, 0.5) is 5.69 Å². The van der Waals surface area contributed by atoms with Crippen molar-refractivity contribution in [2.24, 2.45) is 0 Å². The smallest absolute Gasteiger partial charge is 0.255 e. The van der Waals surface area contributed by atoms with Crippen LogP contribution in [0.15, 0.2) is 36.4 Å². The Labute approximate surface area is 185 Å². The van der Waals surface area contributed by atoms with E-state index < -0.39 is 0 Å². The van der Waals surface area contributed by atoms with Crippen LogP contribution < -0.4 is 14.8 Å². The first kappa shape index (κ1) is 19.9. The molecule has 0 atom stereocenters. The molecule has 160 valence electrons. The van der Waals surface area contributed by atoms with Gasteiger partial charge in [0.25, 0.3) is 5.91 Å². The van der Waals surface area contributed by atoms with Gasteiger partial charge < -0.3 is 19.4 Å². The van der Waals surface area contributed by atoms with Crippen molar-refractivity contribution in [3.8, 4) is 22.9 Å². The molecule has 1 N–H and O–H groups in total. The zero-order valence-electron chi connectivity index (χ0n) is 17.1. The summed E-state index contributed by atoms with van der Waals surface area (Å²) < 4.78 is 13.5. The molecule has 2 aromatic carbocycles. The van der Waals surface area contributed by atoms with E-state index in [1.54, 1.807) is 30.3 Å². The maximum Gasteiger partial charge on any atom is 0.255 e. The highest BCUT2D eigenvalue weighted by molar-refractivity contribution is 6.33. The van der Waals surface area contributed by atoms with Gasteiger partial charge in [-0.15, -0.1) is 10.2 Å². The van der Waals surface area contributed by atoms with Crippen molar-refractivity contribution in [1.29, 1.82) is 0 Å². The van der Waals surface area contributed by atoms with E-state index in [0.29, 0.717) is 41.0 Å². The van der Waals surface area contributed by atoms with Crippen LogP contribution in [0.1, 0.15) is 41.9 Å². The average molecular weight is 439 g/mol. The van der Waals surface area contributed by atoms with E-state index >= 15 is 0 Å². The molecule has 31 heavy (non-hydrogen) atoms. The van der Waals surface area contributed by atoms with Gasteiger partial charge in [-0.1, -0.05) is 18.0 Å². The lowest BCUT2D eigenvalue weighted by atomic mass is 10.1. The number of nitrogens with one attached hydrogen (secondary N) is 1. The quantitative estimate of drug-likeness (QED) is 0.639.